The van der Waals surface area contributed by atoms with E-state index in [9.17, 15) is 19.5 Å². The van der Waals surface area contributed by atoms with Gasteiger partial charge in [0.05, 0.1) is 6.61 Å². The fourth-order valence-electron chi connectivity index (χ4n) is 4.17. The molecule has 36 heavy (non-hydrogen) atoms. The van der Waals surface area contributed by atoms with Gasteiger partial charge >= 0.3 is 6.09 Å². The Hall–Kier alpha value is -3.39. The van der Waals surface area contributed by atoms with E-state index in [0.717, 1.165) is 29.5 Å². The van der Waals surface area contributed by atoms with Crippen molar-refractivity contribution in [1.82, 2.24) is 15.5 Å². The summed E-state index contributed by atoms with van der Waals surface area (Å²) in [7, 11) is 0. The number of ether oxygens (including phenoxy) is 1. The number of amides is 3. The third kappa shape index (κ3) is 7.55. The highest BCUT2D eigenvalue weighted by Gasteiger charge is 2.44. The van der Waals surface area contributed by atoms with Crippen LogP contribution in [0.2, 0.25) is 0 Å². The topological polar surface area (TPSA) is 108 Å². The Morgan fingerprint density at radius 1 is 1.06 bits per heavy atom. The third-order valence-electron chi connectivity index (χ3n) is 5.76. The van der Waals surface area contributed by atoms with E-state index >= 15 is 0 Å². The highest BCUT2D eigenvalue weighted by atomic mass is 16.6. The lowest BCUT2D eigenvalue weighted by atomic mass is 9.98. The van der Waals surface area contributed by atoms with Gasteiger partial charge in [-0.05, 0) is 58.6 Å². The molecule has 194 valence electrons. The first-order valence-corrected chi connectivity index (χ1v) is 12.3. The number of benzene rings is 2. The van der Waals surface area contributed by atoms with Gasteiger partial charge < -0.3 is 25.4 Å². The largest absolute Gasteiger partial charge is 0.444 e. The fourth-order valence-corrected chi connectivity index (χ4v) is 4.17. The first-order valence-electron chi connectivity index (χ1n) is 12.3. The Morgan fingerprint density at radius 2 is 1.67 bits per heavy atom. The second kappa shape index (κ2) is 11.6. The van der Waals surface area contributed by atoms with Crippen LogP contribution in [0.3, 0.4) is 0 Å². The number of nitrogens with one attached hydrogen (secondary N) is 2. The van der Waals surface area contributed by atoms with Crippen LogP contribution < -0.4 is 10.6 Å². The Labute approximate surface area is 213 Å². The Kier molecular flexibility index (Phi) is 8.74. The summed E-state index contributed by atoms with van der Waals surface area (Å²) in [6.45, 7) is 8.72. The summed E-state index contributed by atoms with van der Waals surface area (Å²) >= 11 is 0. The molecular weight excluding hydrogens is 458 g/mol. The molecule has 0 spiro atoms. The lowest BCUT2D eigenvalue weighted by molar-refractivity contribution is -0.144. The van der Waals surface area contributed by atoms with E-state index < -0.39 is 36.3 Å². The molecule has 1 aliphatic carbocycles. The minimum absolute atomic E-state index is 0.166. The minimum Gasteiger partial charge on any atom is -0.444 e. The van der Waals surface area contributed by atoms with Gasteiger partial charge in [0, 0.05) is 12.6 Å². The zero-order valence-corrected chi connectivity index (χ0v) is 21.7. The monoisotopic (exact) mass is 495 g/mol. The average molecular weight is 496 g/mol. The number of hydrogen-bond donors (Lipinski definition) is 3. The molecule has 8 nitrogen and oxygen atoms in total. The summed E-state index contributed by atoms with van der Waals surface area (Å²) in [5.41, 5.74) is 2.81. The van der Waals surface area contributed by atoms with Gasteiger partial charge in [-0.2, -0.15) is 0 Å². The first-order chi connectivity index (χ1) is 17.0. The molecule has 3 rings (SSSR count). The minimum atomic E-state index is -1.24. The van der Waals surface area contributed by atoms with Crippen molar-refractivity contribution in [2.45, 2.75) is 77.7 Å². The van der Waals surface area contributed by atoms with Gasteiger partial charge in [0.25, 0.3) is 0 Å². The van der Waals surface area contributed by atoms with Crippen molar-refractivity contribution in [3.8, 4) is 0 Å². The molecule has 0 aromatic heterocycles. The van der Waals surface area contributed by atoms with Crippen LogP contribution in [0.4, 0.5) is 4.79 Å². The predicted octanol–water partition coefficient (Wildman–Crippen LogP) is 3.54. The summed E-state index contributed by atoms with van der Waals surface area (Å²) in [6, 6.07) is 13.0. The maximum atomic E-state index is 13.7. The molecule has 2 aromatic rings. The number of alkyl carbamates (subject to hydrolysis) is 1. The summed E-state index contributed by atoms with van der Waals surface area (Å²) in [5, 5.41) is 15.5. The Balaban J connectivity index is 1.92. The van der Waals surface area contributed by atoms with E-state index in [2.05, 4.69) is 10.6 Å². The second-order valence-corrected chi connectivity index (χ2v) is 10.4. The van der Waals surface area contributed by atoms with E-state index in [4.69, 9.17) is 4.74 Å². The third-order valence-corrected chi connectivity index (χ3v) is 5.76. The molecule has 2 atom stereocenters. The molecule has 3 amide bonds. The van der Waals surface area contributed by atoms with Crippen molar-refractivity contribution >= 4 is 17.9 Å². The van der Waals surface area contributed by atoms with Crippen LogP contribution in [0.1, 0.15) is 61.9 Å². The molecule has 0 bridgehead atoms. The summed E-state index contributed by atoms with van der Waals surface area (Å²) in [6.07, 6.45) is 0.676. The molecule has 8 heteroatoms. The maximum Gasteiger partial charge on any atom is 0.408 e. The number of aryl methyl sites for hydroxylation is 2. The van der Waals surface area contributed by atoms with Gasteiger partial charge in [-0.25, -0.2) is 4.79 Å². The molecule has 2 aromatic carbocycles. The quantitative estimate of drug-likeness (QED) is 0.493. The van der Waals surface area contributed by atoms with Gasteiger partial charge in [-0.15, -0.1) is 0 Å². The van der Waals surface area contributed by atoms with E-state index in [1.54, 1.807) is 20.8 Å². The highest BCUT2D eigenvalue weighted by Crippen LogP contribution is 2.36. The second-order valence-electron chi connectivity index (χ2n) is 10.4. The molecule has 0 saturated heterocycles. The standard InChI is InChI=1S/C28H37N3O5/c1-18-13-19(2)15-21(14-18)24(25(33)29-16-20-9-7-6-8-10-20)31(22-11-12-22)26(34)23(17-32)30-27(35)36-28(3,4)5/h6-10,13-15,22-24,32H,11-12,16-17H2,1-5H3,(H,29,33)(H,30,35). The van der Waals surface area contributed by atoms with Crippen molar-refractivity contribution in [2.75, 3.05) is 6.61 Å². The van der Waals surface area contributed by atoms with E-state index in [1.165, 1.54) is 4.90 Å². The van der Waals surface area contributed by atoms with Crippen LogP contribution in [0.5, 0.6) is 0 Å². The highest BCUT2D eigenvalue weighted by molar-refractivity contribution is 5.92. The van der Waals surface area contributed by atoms with E-state index in [0.29, 0.717) is 12.1 Å². The predicted molar refractivity (Wildman–Crippen MR) is 137 cm³/mol. The van der Waals surface area contributed by atoms with Crippen LogP contribution >= 0.6 is 0 Å². The summed E-state index contributed by atoms with van der Waals surface area (Å²) in [4.78, 5) is 41.3. The van der Waals surface area contributed by atoms with Crippen molar-refractivity contribution in [1.29, 1.82) is 0 Å². The molecule has 0 heterocycles. The van der Waals surface area contributed by atoms with Crippen molar-refractivity contribution in [3.05, 3.63) is 70.8 Å². The molecule has 0 radical (unpaired) electrons. The lowest BCUT2D eigenvalue weighted by Gasteiger charge is -2.34. The van der Waals surface area contributed by atoms with Crippen LogP contribution in [0.15, 0.2) is 48.5 Å². The number of aliphatic hydroxyl groups excluding tert-OH is 1. The normalized spacial score (nSPS) is 14.9. The lowest BCUT2D eigenvalue weighted by Crippen LogP contribution is -2.55. The number of hydrogen-bond acceptors (Lipinski definition) is 5. The van der Waals surface area contributed by atoms with Crippen molar-refractivity contribution < 1.29 is 24.2 Å². The number of carbonyl (C=O) groups excluding carboxylic acids is 3. The van der Waals surface area contributed by atoms with Crippen LogP contribution in [-0.4, -0.2) is 52.2 Å². The molecule has 2 unspecified atom stereocenters. The molecule has 1 saturated carbocycles. The SMILES string of the molecule is Cc1cc(C)cc(C(C(=O)NCc2ccccc2)N(C(=O)C(CO)NC(=O)OC(C)(C)C)C2CC2)c1. The smallest absolute Gasteiger partial charge is 0.408 e. The molecule has 3 N–H and O–H groups in total. The van der Waals surface area contributed by atoms with Crippen LogP contribution in [-0.2, 0) is 20.9 Å². The number of rotatable bonds is 9. The molecule has 0 aliphatic heterocycles. The molecule has 1 aliphatic rings. The summed E-state index contributed by atoms with van der Waals surface area (Å²) < 4.78 is 5.28. The van der Waals surface area contributed by atoms with Gasteiger partial charge in [-0.3, -0.25) is 9.59 Å². The fraction of sp³-hybridized carbons (Fsp3) is 0.464. The first kappa shape index (κ1) is 27.2. The summed E-state index contributed by atoms with van der Waals surface area (Å²) in [5.74, 6) is -0.844. The number of aliphatic hydroxyl groups is 1. The van der Waals surface area contributed by atoms with Gasteiger partial charge in [-0.1, -0.05) is 59.7 Å². The molecular formula is C28H37N3O5. The van der Waals surface area contributed by atoms with E-state index in [-0.39, 0.29) is 11.9 Å². The van der Waals surface area contributed by atoms with Gasteiger partial charge in [0.1, 0.15) is 17.7 Å². The Bertz CT molecular complexity index is 1060. The zero-order valence-electron chi connectivity index (χ0n) is 21.7. The van der Waals surface area contributed by atoms with Crippen molar-refractivity contribution in [2.24, 2.45) is 0 Å². The van der Waals surface area contributed by atoms with Gasteiger partial charge in [0.15, 0.2) is 0 Å². The zero-order chi connectivity index (χ0) is 26.5. The number of nitrogens with zero attached hydrogens (tertiary/aromatic N) is 1. The van der Waals surface area contributed by atoms with Gasteiger partial charge in [0.2, 0.25) is 11.8 Å². The van der Waals surface area contributed by atoms with Crippen LogP contribution in [0, 0.1) is 13.8 Å². The average Bonchev–Trinajstić information content (AvgIpc) is 3.63. The number of carbonyl (C=O) groups is 3. The van der Waals surface area contributed by atoms with Crippen molar-refractivity contribution in [3.63, 3.8) is 0 Å². The Morgan fingerprint density at radius 3 is 2.19 bits per heavy atom. The van der Waals surface area contributed by atoms with Crippen LogP contribution in [0.25, 0.3) is 0 Å². The maximum absolute atomic E-state index is 13.7. The van der Waals surface area contributed by atoms with E-state index in [1.807, 2.05) is 62.4 Å². The molecule has 1 fully saturated rings.